The molecule has 1 saturated carbocycles. The van der Waals surface area contributed by atoms with Crippen LogP contribution in [0.2, 0.25) is 0 Å². The van der Waals surface area contributed by atoms with E-state index in [9.17, 15) is 8.42 Å². The number of benzene rings is 1. The van der Waals surface area contributed by atoms with Crippen molar-refractivity contribution in [3.63, 3.8) is 0 Å². The van der Waals surface area contributed by atoms with E-state index in [2.05, 4.69) is 9.62 Å². The highest BCUT2D eigenvalue weighted by Crippen LogP contribution is 2.24. The number of nitrogens with one attached hydrogen (secondary N) is 1. The largest absolute Gasteiger partial charge is 0.305 e. The molecule has 0 bridgehead atoms. The van der Waals surface area contributed by atoms with Crippen LogP contribution in [0.5, 0.6) is 0 Å². The Kier molecular flexibility index (Phi) is 4.28. The van der Waals surface area contributed by atoms with E-state index in [4.69, 9.17) is 0 Å². The fourth-order valence-corrected chi connectivity index (χ4v) is 3.98. The van der Waals surface area contributed by atoms with E-state index in [0.717, 1.165) is 24.8 Å². The third-order valence-corrected chi connectivity index (χ3v) is 5.29. The van der Waals surface area contributed by atoms with Crippen LogP contribution in [0.4, 0.5) is 0 Å². The van der Waals surface area contributed by atoms with Gasteiger partial charge in [-0.05, 0) is 46.0 Å². The summed E-state index contributed by atoms with van der Waals surface area (Å²) in [5.41, 5.74) is 1.06. The smallest absolute Gasteiger partial charge is 0.240 e. The van der Waals surface area contributed by atoms with E-state index in [1.54, 1.807) is 12.1 Å². The maximum Gasteiger partial charge on any atom is 0.240 e. The van der Waals surface area contributed by atoms with E-state index in [1.807, 2.05) is 33.2 Å². The summed E-state index contributed by atoms with van der Waals surface area (Å²) >= 11 is 0. The summed E-state index contributed by atoms with van der Waals surface area (Å²) in [5, 5.41) is 0. The van der Waals surface area contributed by atoms with Gasteiger partial charge in [0.2, 0.25) is 10.0 Å². The van der Waals surface area contributed by atoms with Crippen LogP contribution in [-0.4, -0.2) is 39.5 Å². The second-order valence-electron chi connectivity index (χ2n) is 5.50. The molecule has 0 amide bonds. The minimum Gasteiger partial charge on any atom is -0.305 e. The number of nitrogens with zero attached hydrogens (tertiary/aromatic N) is 1. The molecule has 0 radical (unpaired) electrons. The molecule has 1 aromatic carbocycles. The monoisotopic (exact) mass is 282 g/mol. The molecule has 1 aliphatic rings. The molecule has 0 heterocycles. The van der Waals surface area contributed by atoms with Crippen LogP contribution in [0.1, 0.15) is 24.8 Å². The predicted molar refractivity (Wildman–Crippen MR) is 76.6 cm³/mol. The molecule has 1 aliphatic carbocycles. The average Bonchev–Trinajstić information content (AvgIpc) is 2.77. The Hall–Kier alpha value is -0.910. The first-order valence-corrected chi connectivity index (χ1v) is 8.14. The van der Waals surface area contributed by atoms with Gasteiger partial charge in [0, 0.05) is 12.1 Å². The first kappa shape index (κ1) is 14.5. The fraction of sp³-hybridized carbons (Fsp3) is 0.571. The number of hydrogen-bond donors (Lipinski definition) is 1. The molecule has 2 unspecified atom stereocenters. The maximum absolute atomic E-state index is 12.3. The molecule has 19 heavy (non-hydrogen) atoms. The molecule has 4 nitrogen and oxygen atoms in total. The van der Waals surface area contributed by atoms with Gasteiger partial charge in [-0.3, -0.25) is 0 Å². The molecule has 2 atom stereocenters. The van der Waals surface area contributed by atoms with Gasteiger partial charge in [0.25, 0.3) is 0 Å². The summed E-state index contributed by atoms with van der Waals surface area (Å²) in [6, 6.07) is 7.29. The third-order valence-electron chi connectivity index (χ3n) is 3.78. The minimum atomic E-state index is -3.40. The topological polar surface area (TPSA) is 49.4 Å². The van der Waals surface area contributed by atoms with E-state index in [0.29, 0.717) is 10.9 Å². The maximum atomic E-state index is 12.3. The van der Waals surface area contributed by atoms with Gasteiger partial charge in [-0.25, -0.2) is 13.1 Å². The molecule has 106 valence electrons. The van der Waals surface area contributed by atoms with Gasteiger partial charge in [-0.15, -0.1) is 0 Å². The number of rotatable bonds is 4. The van der Waals surface area contributed by atoms with Crippen molar-refractivity contribution in [2.75, 3.05) is 14.1 Å². The van der Waals surface area contributed by atoms with Gasteiger partial charge in [-0.1, -0.05) is 24.1 Å². The summed E-state index contributed by atoms with van der Waals surface area (Å²) in [6.07, 6.45) is 3.03. The second kappa shape index (κ2) is 5.61. The zero-order chi connectivity index (χ0) is 14.0. The van der Waals surface area contributed by atoms with Crippen LogP contribution in [0.3, 0.4) is 0 Å². The van der Waals surface area contributed by atoms with E-state index >= 15 is 0 Å². The number of sulfonamides is 1. The summed E-state index contributed by atoms with van der Waals surface area (Å²) in [7, 11) is 0.603. The fourth-order valence-electron chi connectivity index (χ4n) is 2.68. The highest BCUT2D eigenvalue weighted by molar-refractivity contribution is 7.89. The first-order valence-electron chi connectivity index (χ1n) is 6.65. The van der Waals surface area contributed by atoms with Crippen molar-refractivity contribution < 1.29 is 8.42 Å². The Morgan fingerprint density at radius 3 is 2.37 bits per heavy atom. The van der Waals surface area contributed by atoms with Crippen LogP contribution in [-0.2, 0) is 10.0 Å². The van der Waals surface area contributed by atoms with E-state index < -0.39 is 10.0 Å². The molecule has 1 aromatic rings. The Labute approximate surface area is 115 Å². The van der Waals surface area contributed by atoms with Crippen molar-refractivity contribution in [1.82, 2.24) is 9.62 Å². The Balaban J connectivity index is 2.15. The standard InChI is InChI=1S/C14H22N2O2S/c1-11-7-9-12(10-8-11)19(17,18)15-13-5-4-6-14(13)16(2)3/h7-10,13-15H,4-6H2,1-3H3. The Morgan fingerprint density at radius 1 is 1.16 bits per heavy atom. The quantitative estimate of drug-likeness (QED) is 0.915. The summed E-state index contributed by atoms with van der Waals surface area (Å²) in [6.45, 7) is 1.95. The Morgan fingerprint density at radius 2 is 1.79 bits per heavy atom. The zero-order valence-electron chi connectivity index (χ0n) is 11.8. The van der Waals surface area contributed by atoms with Gasteiger partial charge in [0.1, 0.15) is 0 Å². The summed E-state index contributed by atoms with van der Waals surface area (Å²) in [5.74, 6) is 0. The molecule has 5 heteroatoms. The van der Waals surface area contributed by atoms with Gasteiger partial charge in [0.15, 0.2) is 0 Å². The SMILES string of the molecule is Cc1ccc(S(=O)(=O)NC2CCCC2N(C)C)cc1. The highest BCUT2D eigenvalue weighted by atomic mass is 32.2. The van der Waals surface area contributed by atoms with Crippen LogP contribution in [0.25, 0.3) is 0 Å². The van der Waals surface area contributed by atoms with Gasteiger partial charge in [-0.2, -0.15) is 0 Å². The van der Waals surface area contributed by atoms with Crippen molar-refractivity contribution in [2.45, 2.75) is 43.2 Å². The molecule has 1 N–H and O–H groups in total. The van der Waals surface area contributed by atoms with Gasteiger partial charge < -0.3 is 4.90 Å². The van der Waals surface area contributed by atoms with Crippen LogP contribution in [0.15, 0.2) is 29.2 Å². The van der Waals surface area contributed by atoms with E-state index in [1.165, 1.54) is 0 Å². The van der Waals surface area contributed by atoms with Gasteiger partial charge >= 0.3 is 0 Å². The van der Waals surface area contributed by atoms with Crippen molar-refractivity contribution in [2.24, 2.45) is 0 Å². The van der Waals surface area contributed by atoms with Crippen molar-refractivity contribution >= 4 is 10.0 Å². The van der Waals surface area contributed by atoms with Crippen molar-refractivity contribution in [3.05, 3.63) is 29.8 Å². The average molecular weight is 282 g/mol. The second-order valence-corrected chi connectivity index (χ2v) is 7.22. The molecule has 0 aliphatic heterocycles. The molecule has 0 saturated heterocycles. The van der Waals surface area contributed by atoms with Crippen LogP contribution < -0.4 is 4.72 Å². The van der Waals surface area contributed by atoms with Crippen molar-refractivity contribution in [1.29, 1.82) is 0 Å². The number of likely N-dealkylation sites (N-methyl/N-ethyl adjacent to an activating group) is 1. The third kappa shape index (κ3) is 3.35. The highest BCUT2D eigenvalue weighted by Gasteiger charge is 2.32. The molecule has 0 aromatic heterocycles. The normalized spacial score (nSPS) is 24.0. The van der Waals surface area contributed by atoms with Crippen LogP contribution in [0, 0.1) is 6.92 Å². The lowest BCUT2D eigenvalue weighted by Crippen LogP contribution is -2.45. The lowest BCUT2D eigenvalue weighted by molar-refractivity contribution is 0.267. The lowest BCUT2D eigenvalue weighted by atomic mass is 10.2. The lowest BCUT2D eigenvalue weighted by Gasteiger charge is -2.26. The molecular weight excluding hydrogens is 260 g/mol. The predicted octanol–water partition coefficient (Wildman–Crippen LogP) is 1.76. The molecular formula is C14H22N2O2S. The molecule has 1 fully saturated rings. The first-order chi connectivity index (χ1) is 8.90. The summed E-state index contributed by atoms with van der Waals surface area (Å²) in [4.78, 5) is 2.46. The van der Waals surface area contributed by atoms with Crippen LogP contribution >= 0.6 is 0 Å². The molecule has 2 rings (SSSR count). The molecule has 0 spiro atoms. The van der Waals surface area contributed by atoms with Gasteiger partial charge in [0.05, 0.1) is 4.90 Å². The minimum absolute atomic E-state index is 0.0151. The van der Waals surface area contributed by atoms with Crippen molar-refractivity contribution in [3.8, 4) is 0 Å². The Bertz CT molecular complexity index is 523. The summed E-state index contributed by atoms with van der Waals surface area (Å²) < 4.78 is 27.5. The zero-order valence-corrected chi connectivity index (χ0v) is 12.6. The number of hydrogen-bond acceptors (Lipinski definition) is 3. The number of aryl methyl sites for hydroxylation is 1. The van der Waals surface area contributed by atoms with E-state index in [-0.39, 0.29) is 6.04 Å².